The monoisotopic (exact) mass is 271 g/mol. The van der Waals surface area contributed by atoms with Gasteiger partial charge in [0.05, 0.1) is 10.6 Å². The molecular formula is C11H10ClNO5. The minimum atomic E-state index is -1.13. The number of fused-ring (bicyclic) bond motifs is 1. The van der Waals surface area contributed by atoms with Crippen LogP contribution >= 0.6 is 11.6 Å². The van der Waals surface area contributed by atoms with Crippen molar-refractivity contribution in [2.45, 2.75) is 12.5 Å². The molecule has 1 aromatic rings. The number of ether oxygens (including phenoxy) is 2. The van der Waals surface area contributed by atoms with Crippen LogP contribution in [0.3, 0.4) is 0 Å². The van der Waals surface area contributed by atoms with Crippen molar-refractivity contribution in [3.05, 3.63) is 22.2 Å². The van der Waals surface area contributed by atoms with Gasteiger partial charge in [0.1, 0.15) is 6.04 Å². The summed E-state index contributed by atoms with van der Waals surface area (Å²) in [6, 6.07) is 0.401. The van der Waals surface area contributed by atoms with Crippen molar-refractivity contribution in [3.63, 3.8) is 0 Å². The zero-order valence-corrected chi connectivity index (χ0v) is 9.94. The van der Waals surface area contributed by atoms with Crippen LogP contribution in [-0.4, -0.2) is 30.2 Å². The Balaban J connectivity index is 2.44. The molecule has 1 aliphatic heterocycles. The minimum Gasteiger partial charge on any atom is -0.480 e. The Morgan fingerprint density at radius 2 is 2.22 bits per heavy atom. The van der Waals surface area contributed by atoms with Crippen LogP contribution in [0.5, 0.6) is 11.5 Å². The van der Waals surface area contributed by atoms with Crippen LogP contribution in [0.15, 0.2) is 6.07 Å². The van der Waals surface area contributed by atoms with Crippen LogP contribution in [-0.2, 0) is 11.2 Å². The molecule has 1 atom stereocenters. The predicted octanol–water partition coefficient (Wildman–Crippen LogP) is 0.836. The van der Waals surface area contributed by atoms with E-state index in [9.17, 15) is 9.59 Å². The van der Waals surface area contributed by atoms with Crippen LogP contribution in [0, 0.1) is 0 Å². The van der Waals surface area contributed by atoms with Crippen molar-refractivity contribution < 1.29 is 24.2 Å². The summed E-state index contributed by atoms with van der Waals surface area (Å²) in [4.78, 5) is 21.6. The number of aliphatic carboxylic acids is 1. The van der Waals surface area contributed by atoms with Crippen molar-refractivity contribution in [2.75, 3.05) is 6.79 Å². The number of carboxylic acid groups (broad SMARTS) is 1. The van der Waals surface area contributed by atoms with Gasteiger partial charge in [-0.05, 0) is 6.07 Å². The van der Waals surface area contributed by atoms with Gasteiger partial charge >= 0.3 is 5.97 Å². The maximum Gasteiger partial charge on any atom is 0.320 e. The van der Waals surface area contributed by atoms with E-state index in [-0.39, 0.29) is 29.5 Å². The summed E-state index contributed by atoms with van der Waals surface area (Å²) in [5, 5.41) is 8.96. The number of benzene rings is 1. The van der Waals surface area contributed by atoms with Gasteiger partial charge in [-0.15, -0.1) is 0 Å². The zero-order valence-electron chi connectivity index (χ0n) is 9.18. The van der Waals surface area contributed by atoms with E-state index in [1.54, 1.807) is 0 Å². The van der Waals surface area contributed by atoms with Crippen molar-refractivity contribution in [1.29, 1.82) is 0 Å². The largest absolute Gasteiger partial charge is 0.480 e. The number of carbonyl (C=O) groups excluding carboxylic acids is 1. The lowest BCUT2D eigenvalue weighted by molar-refractivity contribution is -0.138. The molecule has 1 unspecified atom stereocenters. The van der Waals surface area contributed by atoms with E-state index in [4.69, 9.17) is 31.9 Å². The van der Waals surface area contributed by atoms with Crippen molar-refractivity contribution >= 4 is 23.9 Å². The third kappa shape index (κ3) is 2.12. The summed E-state index contributed by atoms with van der Waals surface area (Å²) < 4.78 is 10.4. The number of carbonyl (C=O) groups is 2. The number of halogens is 1. The van der Waals surface area contributed by atoms with Crippen LogP contribution < -0.4 is 15.2 Å². The molecule has 0 saturated carbocycles. The summed E-state index contributed by atoms with van der Waals surface area (Å²) in [5.41, 5.74) is 6.15. The molecule has 0 radical (unpaired) electrons. The number of rotatable bonds is 4. The van der Waals surface area contributed by atoms with Gasteiger partial charge in [0, 0.05) is 12.0 Å². The van der Waals surface area contributed by atoms with Crippen molar-refractivity contribution in [2.24, 2.45) is 5.73 Å². The maximum absolute atomic E-state index is 10.9. The summed E-state index contributed by atoms with van der Waals surface area (Å²) in [5.74, 6) is -0.554. The van der Waals surface area contributed by atoms with Gasteiger partial charge < -0.3 is 20.3 Å². The fourth-order valence-electron chi connectivity index (χ4n) is 1.71. The van der Waals surface area contributed by atoms with Crippen LogP contribution in [0.4, 0.5) is 0 Å². The van der Waals surface area contributed by atoms with Crippen LogP contribution in [0.25, 0.3) is 0 Å². The smallest absolute Gasteiger partial charge is 0.320 e. The quantitative estimate of drug-likeness (QED) is 0.787. The maximum atomic E-state index is 10.9. The molecule has 96 valence electrons. The average molecular weight is 272 g/mol. The molecule has 7 heteroatoms. The number of nitrogens with two attached hydrogens (primary N) is 1. The highest BCUT2D eigenvalue weighted by Crippen LogP contribution is 2.42. The van der Waals surface area contributed by atoms with E-state index in [0.29, 0.717) is 17.6 Å². The van der Waals surface area contributed by atoms with Crippen LogP contribution in [0.1, 0.15) is 15.9 Å². The minimum absolute atomic E-state index is 0.0359. The molecule has 3 N–H and O–H groups in total. The average Bonchev–Trinajstić information content (AvgIpc) is 2.78. The van der Waals surface area contributed by atoms with Gasteiger partial charge in [-0.25, -0.2) is 0 Å². The Morgan fingerprint density at radius 1 is 1.56 bits per heavy atom. The number of carboxylic acids is 1. The number of hydrogen-bond donors (Lipinski definition) is 2. The van der Waals surface area contributed by atoms with E-state index in [2.05, 4.69) is 0 Å². The van der Waals surface area contributed by atoms with Crippen molar-refractivity contribution in [3.8, 4) is 11.5 Å². The highest BCUT2D eigenvalue weighted by Gasteiger charge is 2.26. The first-order chi connectivity index (χ1) is 8.54. The topological polar surface area (TPSA) is 98.9 Å². The van der Waals surface area contributed by atoms with E-state index < -0.39 is 12.0 Å². The molecule has 1 aliphatic rings. The summed E-state index contributed by atoms with van der Waals surface area (Å²) in [6.07, 6.45) is 0.608. The second-order valence-corrected chi connectivity index (χ2v) is 4.17. The highest BCUT2D eigenvalue weighted by atomic mass is 35.5. The highest BCUT2D eigenvalue weighted by molar-refractivity contribution is 6.33. The van der Waals surface area contributed by atoms with Gasteiger partial charge in [-0.2, -0.15) is 0 Å². The van der Waals surface area contributed by atoms with E-state index in [0.717, 1.165) is 0 Å². The fraction of sp³-hybridized carbons (Fsp3) is 0.273. The summed E-state index contributed by atoms with van der Waals surface area (Å²) in [7, 11) is 0. The first kappa shape index (κ1) is 12.7. The van der Waals surface area contributed by atoms with Crippen molar-refractivity contribution in [1.82, 2.24) is 0 Å². The second-order valence-electron chi connectivity index (χ2n) is 3.76. The zero-order chi connectivity index (χ0) is 13.3. The SMILES string of the molecule is NC(Cc1cc(Cl)c(C=O)c2c1OCO2)C(=O)O. The Kier molecular flexibility index (Phi) is 3.40. The molecule has 0 bridgehead atoms. The van der Waals surface area contributed by atoms with Gasteiger partial charge in [0.2, 0.25) is 6.79 Å². The molecular weight excluding hydrogens is 262 g/mol. The Bertz CT molecular complexity index is 517. The van der Waals surface area contributed by atoms with Gasteiger partial charge in [0.15, 0.2) is 17.8 Å². The predicted molar refractivity (Wildman–Crippen MR) is 62.3 cm³/mol. The van der Waals surface area contributed by atoms with Gasteiger partial charge in [-0.1, -0.05) is 11.6 Å². The van der Waals surface area contributed by atoms with E-state index >= 15 is 0 Å². The van der Waals surface area contributed by atoms with Gasteiger partial charge in [0.25, 0.3) is 0 Å². The third-order valence-corrected chi connectivity index (χ3v) is 2.89. The molecule has 1 aromatic carbocycles. The molecule has 18 heavy (non-hydrogen) atoms. The first-order valence-corrected chi connectivity index (χ1v) is 5.47. The Hall–Kier alpha value is -1.79. The molecule has 2 rings (SSSR count). The molecule has 1 heterocycles. The molecule has 0 aromatic heterocycles. The molecule has 6 nitrogen and oxygen atoms in total. The van der Waals surface area contributed by atoms with E-state index in [1.807, 2.05) is 0 Å². The lowest BCUT2D eigenvalue weighted by Crippen LogP contribution is -2.32. The molecule has 0 spiro atoms. The van der Waals surface area contributed by atoms with E-state index in [1.165, 1.54) is 6.07 Å². The third-order valence-electron chi connectivity index (χ3n) is 2.58. The van der Waals surface area contributed by atoms with Crippen LogP contribution in [0.2, 0.25) is 5.02 Å². The first-order valence-electron chi connectivity index (χ1n) is 5.09. The standard InChI is InChI=1S/C11H10ClNO5/c12-7-1-5(2-8(13)11(15)16)9-10(6(7)3-14)18-4-17-9/h1,3,8H,2,4,13H2,(H,15,16). The number of aldehydes is 1. The molecule has 0 saturated heterocycles. The second kappa shape index (κ2) is 4.83. The lowest BCUT2D eigenvalue weighted by atomic mass is 10.0. The molecule has 0 amide bonds. The molecule has 0 fully saturated rings. The normalized spacial score (nSPS) is 14.3. The Morgan fingerprint density at radius 3 is 2.83 bits per heavy atom. The fourth-order valence-corrected chi connectivity index (χ4v) is 1.97. The number of hydrogen-bond acceptors (Lipinski definition) is 5. The Labute approximate surface area is 107 Å². The lowest BCUT2D eigenvalue weighted by Gasteiger charge is -2.11. The summed E-state index contributed by atoms with van der Waals surface area (Å²) in [6.45, 7) is -0.0359. The summed E-state index contributed by atoms with van der Waals surface area (Å²) >= 11 is 5.92. The molecule has 0 aliphatic carbocycles. The van der Waals surface area contributed by atoms with Gasteiger partial charge in [-0.3, -0.25) is 9.59 Å².